The summed E-state index contributed by atoms with van der Waals surface area (Å²) >= 11 is 6.09. The molecule has 0 amide bonds. The molecule has 0 aliphatic heterocycles. The third-order valence-electron chi connectivity index (χ3n) is 4.79. The predicted octanol–water partition coefficient (Wildman–Crippen LogP) is 6.61. The third-order valence-corrected chi connectivity index (χ3v) is 5.15. The van der Waals surface area contributed by atoms with E-state index in [9.17, 15) is 4.79 Å². The average Bonchev–Trinajstić information content (AvgIpc) is 2.71. The predicted molar refractivity (Wildman–Crippen MR) is 119 cm³/mol. The number of benzene rings is 1. The molecule has 1 atom stereocenters. The molecule has 0 aliphatic rings. The van der Waals surface area contributed by atoms with Crippen molar-refractivity contribution in [1.82, 2.24) is 9.97 Å². The number of halogens is 1. The van der Waals surface area contributed by atoms with Crippen LogP contribution in [0.1, 0.15) is 71.3 Å². The zero-order chi connectivity index (χ0) is 21.1. The number of rotatable bonds is 12. The number of aryl methyl sites for hydroxylation is 1. The molecule has 0 saturated heterocycles. The molecule has 0 saturated carbocycles. The Hall–Kier alpha value is -1.94. The van der Waals surface area contributed by atoms with E-state index in [1.807, 2.05) is 38.4 Å². The van der Waals surface area contributed by atoms with Crippen LogP contribution in [0.4, 0.5) is 0 Å². The fourth-order valence-corrected chi connectivity index (χ4v) is 3.51. The van der Waals surface area contributed by atoms with Crippen LogP contribution in [0.5, 0.6) is 5.75 Å². The van der Waals surface area contributed by atoms with Gasteiger partial charge in [0, 0.05) is 18.0 Å². The molecule has 4 nitrogen and oxygen atoms in total. The van der Waals surface area contributed by atoms with Crippen LogP contribution in [0.25, 0.3) is 11.4 Å². The summed E-state index contributed by atoms with van der Waals surface area (Å²) in [6.07, 6.45) is 13.1. The van der Waals surface area contributed by atoms with Crippen molar-refractivity contribution in [1.29, 1.82) is 0 Å². The lowest BCUT2D eigenvalue weighted by Gasteiger charge is -2.11. The summed E-state index contributed by atoms with van der Waals surface area (Å²) < 4.78 is 5.35. The van der Waals surface area contributed by atoms with E-state index in [4.69, 9.17) is 16.3 Å². The van der Waals surface area contributed by atoms with Gasteiger partial charge in [-0.2, -0.15) is 0 Å². The van der Waals surface area contributed by atoms with Gasteiger partial charge < -0.3 is 4.74 Å². The number of unbranched alkanes of at least 4 members (excludes halogenated alkanes) is 5. The summed E-state index contributed by atoms with van der Waals surface area (Å²) in [6.45, 7) is 6.29. The Morgan fingerprint density at radius 1 is 1.00 bits per heavy atom. The number of carbonyl (C=O) groups is 1. The Morgan fingerprint density at radius 2 is 1.62 bits per heavy atom. The average molecular weight is 417 g/mol. The van der Waals surface area contributed by atoms with E-state index in [1.165, 1.54) is 44.1 Å². The first-order valence-electron chi connectivity index (χ1n) is 10.8. The Balaban J connectivity index is 1.84. The molecule has 2 aromatic rings. The van der Waals surface area contributed by atoms with Crippen molar-refractivity contribution in [3.8, 4) is 17.1 Å². The molecule has 1 heterocycles. The van der Waals surface area contributed by atoms with E-state index >= 15 is 0 Å². The van der Waals surface area contributed by atoms with Gasteiger partial charge in [-0.15, -0.1) is 11.6 Å². The van der Waals surface area contributed by atoms with Crippen molar-refractivity contribution in [3.05, 3.63) is 42.2 Å². The van der Waals surface area contributed by atoms with Crippen LogP contribution in [-0.4, -0.2) is 21.3 Å². The summed E-state index contributed by atoms with van der Waals surface area (Å²) in [4.78, 5) is 21.0. The van der Waals surface area contributed by atoms with Crippen molar-refractivity contribution in [2.24, 2.45) is 5.92 Å². The monoisotopic (exact) mass is 416 g/mol. The number of alkyl halides is 1. The maximum absolute atomic E-state index is 12.0. The zero-order valence-corrected chi connectivity index (χ0v) is 18.6. The molecule has 0 radical (unpaired) electrons. The molecular weight excluding hydrogens is 384 g/mol. The van der Waals surface area contributed by atoms with E-state index < -0.39 is 11.3 Å². The number of hydrogen-bond donors (Lipinski definition) is 0. The first kappa shape index (κ1) is 23.3. The molecule has 0 aliphatic carbocycles. The lowest BCUT2D eigenvalue weighted by molar-refractivity contribution is -0.134. The normalized spacial score (nSPS) is 12.2. The highest BCUT2D eigenvalue weighted by molar-refractivity contribution is 6.30. The minimum Gasteiger partial charge on any atom is -0.425 e. The molecule has 0 bridgehead atoms. The quantitative estimate of drug-likeness (QED) is 0.169. The molecule has 29 heavy (non-hydrogen) atoms. The zero-order valence-electron chi connectivity index (χ0n) is 17.9. The maximum Gasteiger partial charge on any atom is 0.329 e. The Kier molecular flexibility index (Phi) is 10.1. The van der Waals surface area contributed by atoms with Gasteiger partial charge in [0.05, 0.1) is 0 Å². The van der Waals surface area contributed by atoms with Crippen molar-refractivity contribution in [3.63, 3.8) is 0 Å². The molecule has 1 unspecified atom stereocenters. The summed E-state index contributed by atoms with van der Waals surface area (Å²) in [5, 5.41) is -0.628. The largest absolute Gasteiger partial charge is 0.425 e. The van der Waals surface area contributed by atoms with E-state index in [0.29, 0.717) is 23.9 Å². The minimum absolute atomic E-state index is 0.341. The summed E-state index contributed by atoms with van der Waals surface area (Å²) in [5.74, 6) is 1.08. The highest BCUT2D eigenvalue weighted by atomic mass is 35.5. The van der Waals surface area contributed by atoms with E-state index in [-0.39, 0.29) is 0 Å². The lowest BCUT2D eigenvalue weighted by Crippen LogP contribution is -2.22. The molecule has 2 rings (SSSR count). The highest BCUT2D eigenvalue weighted by Gasteiger charge is 2.19. The Bertz CT molecular complexity index is 730. The Morgan fingerprint density at radius 3 is 2.24 bits per heavy atom. The van der Waals surface area contributed by atoms with Gasteiger partial charge in [-0.25, -0.2) is 9.97 Å². The van der Waals surface area contributed by atoms with Crippen LogP contribution in [-0.2, 0) is 11.2 Å². The first-order chi connectivity index (χ1) is 14.0. The summed E-state index contributed by atoms with van der Waals surface area (Å²) in [5.41, 5.74) is 2.06. The van der Waals surface area contributed by atoms with Gasteiger partial charge in [-0.05, 0) is 55.0 Å². The van der Waals surface area contributed by atoms with Gasteiger partial charge in [0.2, 0.25) is 0 Å². The van der Waals surface area contributed by atoms with Gasteiger partial charge in [0.25, 0.3) is 0 Å². The molecule has 5 heteroatoms. The molecule has 0 N–H and O–H groups in total. The first-order valence-corrected chi connectivity index (χ1v) is 11.2. The molecule has 0 spiro atoms. The van der Waals surface area contributed by atoms with Gasteiger partial charge in [-0.3, -0.25) is 4.79 Å². The number of hydrogen-bond acceptors (Lipinski definition) is 4. The fourth-order valence-electron chi connectivity index (χ4n) is 3.10. The van der Waals surface area contributed by atoms with Crippen molar-refractivity contribution >= 4 is 17.6 Å². The number of esters is 1. The van der Waals surface area contributed by atoms with Crippen LogP contribution in [0, 0.1) is 5.92 Å². The third kappa shape index (κ3) is 8.53. The molecule has 158 valence electrons. The molecule has 0 fully saturated rings. The topological polar surface area (TPSA) is 52.1 Å². The Labute approximate surface area is 180 Å². The minimum atomic E-state index is -0.628. The summed E-state index contributed by atoms with van der Waals surface area (Å²) in [7, 11) is 0. The smallest absolute Gasteiger partial charge is 0.329 e. The molecule has 1 aromatic carbocycles. The van der Waals surface area contributed by atoms with Crippen molar-refractivity contribution in [2.45, 2.75) is 77.5 Å². The van der Waals surface area contributed by atoms with Crippen molar-refractivity contribution in [2.75, 3.05) is 0 Å². The van der Waals surface area contributed by atoms with E-state index in [0.717, 1.165) is 12.0 Å². The number of carbonyl (C=O) groups excluding carboxylic acids is 1. The van der Waals surface area contributed by atoms with Crippen LogP contribution in [0.2, 0.25) is 0 Å². The second-order valence-electron chi connectivity index (χ2n) is 7.98. The van der Waals surface area contributed by atoms with Gasteiger partial charge in [0.1, 0.15) is 11.1 Å². The van der Waals surface area contributed by atoms with Crippen LogP contribution in [0.15, 0.2) is 36.7 Å². The van der Waals surface area contributed by atoms with E-state index in [2.05, 4.69) is 16.9 Å². The van der Waals surface area contributed by atoms with Crippen LogP contribution < -0.4 is 4.74 Å². The second-order valence-corrected chi connectivity index (χ2v) is 8.50. The number of nitrogens with zero attached hydrogens (tertiary/aromatic N) is 2. The van der Waals surface area contributed by atoms with Gasteiger partial charge in [-0.1, -0.05) is 52.9 Å². The standard InChI is InChI=1S/C24H33ClN2O2/c1-4-5-6-7-8-9-10-19-16-26-23(27-17-19)20-11-13-21(14-12-20)29-24(28)22(25)15-18(2)3/h11-14,16-18,22H,4-10,15H2,1-3H3. The van der Waals surface area contributed by atoms with Crippen LogP contribution in [0.3, 0.4) is 0 Å². The maximum atomic E-state index is 12.0. The molecular formula is C24H33ClN2O2. The van der Waals surface area contributed by atoms with Gasteiger partial charge in [0.15, 0.2) is 5.82 Å². The summed E-state index contributed by atoms with van der Waals surface area (Å²) in [6, 6.07) is 7.22. The number of aromatic nitrogens is 2. The fraction of sp³-hybridized carbons (Fsp3) is 0.542. The van der Waals surface area contributed by atoms with Crippen molar-refractivity contribution < 1.29 is 9.53 Å². The van der Waals surface area contributed by atoms with Gasteiger partial charge >= 0.3 is 5.97 Å². The SMILES string of the molecule is CCCCCCCCc1cnc(-c2ccc(OC(=O)C(Cl)CC(C)C)cc2)nc1. The second kappa shape index (κ2) is 12.6. The van der Waals surface area contributed by atoms with E-state index in [1.54, 1.807) is 12.1 Å². The highest BCUT2D eigenvalue weighted by Crippen LogP contribution is 2.21. The number of ether oxygens (including phenoxy) is 1. The molecule has 1 aromatic heterocycles. The van der Waals surface area contributed by atoms with Crippen LogP contribution >= 0.6 is 11.6 Å². The lowest BCUT2D eigenvalue weighted by atomic mass is 10.1.